The molecule has 0 radical (unpaired) electrons. The molecule has 118 valence electrons. The summed E-state index contributed by atoms with van der Waals surface area (Å²) >= 11 is 11.9. The molecule has 0 spiro atoms. The summed E-state index contributed by atoms with van der Waals surface area (Å²) in [6, 6.07) is 20.4. The third-order valence-corrected chi connectivity index (χ3v) is 3.58. The van der Waals surface area contributed by atoms with Crippen molar-refractivity contribution in [1.29, 1.82) is 0 Å². The van der Waals surface area contributed by atoms with E-state index >= 15 is 0 Å². The molecule has 0 bridgehead atoms. The number of rotatable bonds is 4. The van der Waals surface area contributed by atoms with Gasteiger partial charge in [-0.25, -0.2) is 15.0 Å². The molecule has 3 rings (SSSR count). The molecular formula is C19H13Cl2N3. The van der Waals surface area contributed by atoms with Crippen LogP contribution in [0, 0.1) is 0 Å². The average molecular weight is 354 g/mol. The molecule has 0 unspecified atom stereocenters. The molecule has 2 aromatic carbocycles. The number of benzene rings is 2. The Labute approximate surface area is 150 Å². The van der Waals surface area contributed by atoms with Gasteiger partial charge < -0.3 is 0 Å². The highest BCUT2D eigenvalue weighted by molar-refractivity contribution is 6.31. The van der Waals surface area contributed by atoms with Crippen molar-refractivity contribution in [3.05, 3.63) is 87.9 Å². The zero-order valence-corrected chi connectivity index (χ0v) is 14.1. The summed E-state index contributed by atoms with van der Waals surface area (Å²) in [6.45, 7) is 0. The largest absolute Gasteiger partial charge is 0.236 e. The van der Waals surface area contributed by atoms with Crippen molar-refractivity contribution in [3.63, 3.8) is 0 Å². The summed E-state index contributed by atoms with van der Waals surface area (Å²) in [7, 11) is 0. The van der Waals surface area contributed by atoms with Gasteiger partial charge in [0, 0.05) is 22.5 Å². The number of aromatic nitrogens is 1. The maximum Gasteiger partial charge on any atom is 0.154 e. The maximum absolute atomic E-state index is 5.96. The lowest BCUT2D eigenvalue weighted by atomic mass is 10.2. The van der Waals surface area contributed by atoms with Gasteiger partial charge in [0.2, 0.25) is 0 Å². The summed E-state index contributed by atoms with van der Waals surface area (Å²) in [5, 5.41) is 1.35. The standard InChI is InChI=1S/C19H13Cl2N3/c20-16-6-1-4-14(10-16)12-22-18-8-3-9-19(24-18)23-13-15-5-2-7-17(21)11-15/h1-13H/b22-12+,23-13?. The van der Waals surface area contributed by atoms with Crippen molar-refractivity contribution in [2.75, 3.05) is 0 Å². The van der Waals surface area contributed by atoms with Crippen molar-refractivity contribution < 1.29 is 0 Å². The highest BCUT2D eigenvalue weighted by Crippen LogP contribution is 2.16. The van der Waals surface area contributed by atoms with Crippen LogP contribution in [-0.2, 0) is 0 Å². The molecule has 0 fully saturated rings. The van der Waals surface area contributed by atoms with Crippen LogP contribution in [0.4, 0.5) is 11.6 Å². The fourth-order valence-corrected chi connectivity index (χ4v) is 2.41. The first-order valence-electron chi connectivity index (χ1n) is 7.25. The van der Waals surface area contributed by atoms with Crippen molar-refractivity contribution in [3.8, 4) is 0 Å². The summed E-state index contributed by atoms with van der Waals surface area (Å²) < 4.78 is 0. The first kappa shape index (κ1) is 16.4. The zero-order valence-electron chi connectivity index (χ0n) is 12.6. The Balaban J connectivity index is 1.76. The zero-order chi connectivity index (χ0) is 16.8. The van der Waals surface area contributed by atoms with E-state index in [1.807, 2.05) is 66.7 Å². The van der Waals surface area contributed by atoms with Gasteiger partial charge in [0.15, 0.2) is 11.6 Å². The Morgan fingerprint density at radius 1 is 0.667 bits per heavy atom. The van der Waals surface area contributed by atoms with Crippen LogP contribution >= 0.6 is 23.2 Å². The van der Waals surface area contributed by atoms with Gasteiger partial charge in [0.25, 0.3) is 0 Å². The van der Waals surface area contributed by atoms with Crippen molar-refractivity contribution in [1.82, 2.24) is 4.98 Å². The molecule has 0 atom stereocenters. The highest BCUT2D eigenvalue weighted by atomic mass is 35.5. The monoisotopic (exact) mass is 353 g/mol. The van der Waals surface area contributed by atoms with Crippen LogP contribution in [0.2, 0.25) is 10.0 Å². The number of hydrogen-bond donors (Lipinski definition) is 0. The Morgan fingerprint density at radius 3 is 1.58 bits per heavy atom. The molecule has 24 heavy (non-hydrogen) atoms. The highest BCUT2D eigenvalue weighted by Gasteiger charge is 1.96. The van der Waals surface area contributed by atoms with Crippen LogP contribution < -0.4 is 0 Å². The van der Waals surface area contributed by atoms with Gasteiger partial charge in [-0.2, -0.15) is 0 Å². The molecule has 1 aromatic heterocycles. The van der Waals surface area contributed by atoms with Crippen LogP contribution in [0.25, 0.3) is 0 Å². The van der Waals surface area contributed by atoms with E-state index in [4.69, 9.17) is 23.2 Å². The summed E-state index contributed by atoms with van der Waals surface area (Å²) in [5.41, 5.74) is 1.83. The maximum atomic E-state index is 5.96. The molecule has 0 aliphatic rings. The van der Waals surface area contributed by atoms with E-state index in [-0.39, 0.29) is 0 Å². The molecule has 0 aliphatic heterocycles. The van der Waals surface area contributed by atoms with E-state index in [0.717, 1.165) is 11.1 Å². The third kappa shape index (κ3) is 4.75. The fraction of sp³-hybridized carbons (Fsp3) is 0. The molecule has 0 saturated carbocycles. The van der Waals surface area contributed by atoms with Crippen LogP contribution in [-0.4, -0.2) is 17.4 Å². The molecule has 0 amide bonds. The lowest BCUT2D eigenvalue weighted by Gasteiger charge is -1.97. The number of aliphatic imine (C=N–C) groups is 2. The molecular weight excluding hydrogens is 341 g/mol. The number of pyridine rings is 1. The van der Waals surface area contributed by atoms with Crippen molar-refractivity contribution in [2.45, 2.75) is 0 Å². The van der Waals surface area contributed by atoms with Gasteiger partial charge in [-0.05, 0) is 47.5 Å². The predicted octanol–water partition coefficient (Wildman–Crippen LogP) is 5.89. The van der Waals surface area contributed by atoms with Crippen LogP contribution in [0.5, 0.6) is 0 Å². The Bertz CT molecular complexity index is 834. The van der Waals surface area contributed by atoms with Gasteiger partial charge in [0.05, 0.1) is 0 Å². The lowest BCUT2D eigenvalue weighted by Crippen LogP contribution is -1.83. The van der Waals surface area contributed by atoms with Gasteiger partial charge in [-0.15, -0.1) is 0 Å². The molecule has 5 heteroatoms. The predicted molar refractivity (Wildman–Crippen MR) is 102 cm³/mol. The number of halogens is 2. The van der Waals surface area contributed by atoms with Gasteiger partial charge in [-0.3, -0.25) is 0 Å². The van der Waals surface area contributed by atoms with E-state index in [2.05, 4.69) is 15.0 Å². The summed E-state index contributed by atoms with van der Waals surface area (Å²) in [5.74, 6) is 1.16. The van der Waals surface area contributed by atoms with Gasteiger partial charge in [0.1, 0.15) is 0 Å². The van der Waals surface area contributed by atoms with Crippen molar-refractivity contribution in [2.24, 2.45) is 9.98 Å². The van der Waals surface area contributed by atoms with E-state index in [1.54, 1.807) is 12.4 Å². The smallest absolute Gasteiger partial charge is 0.154 e. The Hall–Kier alpha value is -2.49. The van der Waals surface area contributed by atoms with Crippen LogP contribution in [0.3, 0.4) is 0 Å². The fourth-order valence-electron chi connectivity index (χ4n) is 2.01. The molecule has 0 N–H and O–H groups in total. The molecule has 3 nitrogen and oxygen atoms in total. The molecule has 0 aliphatic carbocycles. The van der Waals surface area contributed by atoms with E-state index in [9.17, 15) is 0 Å². The van der Waals surface area contributed by atoms with Crippen molar-refractivity contribution >= 4 is 47.3 Å². The third-order valence-electron chi connectivity index (χ3n) is 3.11. The second-order valence-corrected chi connectivity index (χ2v) is 5.85. The minimum absolute atomic E-state index is 0.579. The minimum Gasteiger partial charge on any atom is -0.236 e. The number of nitrogens with zero attached hydrogens (tertiary/aromatic N) is 3. The molecule has 1 heterocycles. The normalized spacial score (nSPS) is 11.4. The number of hydrogen-bond acceptors (Lipinski definition) is 3. The van der Waals surface area contributed by atoms with Gasteiger partial charge in [-0.1, -0.05) is 53.5 Å². The Morgan fingerprint density at radius 2 is 1.12 bits per heavy atom. The lowest BCUT2D eigenvalue weighted by molar-refractivity contribution is 1.25. The molecule has 3 aromatic rings. The minimum atomic E-state index is 0.579. The second kappa shape index (κ2) is 7.86. The van der Waals surface area contributed by atoms with Crippen LogP contribution in [0.1, 0.15) is 11.1 Å². The van der Waals surface area contributed by atoms with E-state index < -0.39 is 0 Å². The topological polar surface area (TPSA) is 37.6 Å². The SMILES string of the molecule is Clc1cccc(C=Nc2cccc(/N=C/c3cccc(Cl)c3)n2)c1. The first-order valence-corrected chi connectivity index (χ1v) is 8.01. The average Bonchev–Trinajstić information content (AvgIpc) is 2.59. The summed E-state index contributed by atoms with van der Waals surface area (Å²) in [4.78, 5) is 13.1. The van der Waals surface area contributed by atoms with E-state index in [1.165, 1.54) is 0 Å². The quantitative estimate of drug-likeness (QED) is 0.538. The van der Waals surface area contributed by atoms with E-state index in [0.29, 0.717) is 21.7 Å². The summed E-state index contributed by atoms with van der Waals surface area (Å²) in [6.07, 6.45) is 3.44. The molecule has 0 saturated heterocycles. The van der Waals surface area contributed by atoms with Crippen LogP contribution in [0.15, 0.2) is 76.7 Å². The van der Waals surface area contributed by atoms with Gasteiger partial charge >= 0.3 is 0 Å². The first-order chi connectivity index (χ1) is 11.7. The Kier molecular flexibility index (Phi) is 5.36. The second-order valence-electron chi connectivity index (χ2n) is 4.98.